The number of methoxy groups -OCH3 is 1. The molecule has 0 aliphatic heterocycles. The molecule has 1 aromatic rings. The number of amides is 2. The van der Waals surface area contributed by atoms with Crippen LogP contribution in [0.5, 0.6) is 0 Å². The summed E-state index contributed by atoms with van der Waals surface area (Å²) in [6.07, 6.45) is 1.47. The van der Waals surface area contributed by atoms with E-state index in [0.29, 0.717) is 0 Å². The summed E-state index contributed by atoms with van der Waals surface area (Å²) in [5.41, 5.74) is 0. The number of rotatable bonds is 8. The number of carboxylic acids is 1. The lowest BCUT2D eigenvalue weighted by molar-refractivity contribution is -0.142. The molecule has 0 bridgehead atoms. The Bertz CT molecular complexity index is 485. The van der Waals surface area contributed by atoms with E-state index >= 15 is 0 Å². The summed E-state index contributed by atoms with van der Waals surface area (Å²) < 4.78 is 9.68. The van der Waals surface area contributed by atoms with E-state index in [4.69, 9.17) is 14.3 Å². The number of aliphatic carboxylic acids is 1. The third-order valence-electron chi connectivity index (χ3n) is 2.71. The summed E-state index contributed by atoms with van der Waals surface area (Å²) in [5.74, 6) is -2.24. The fourth-order valence-electron chi connectivity index (χ4n) is 1.53. The lowest BCUT2D eigenvalue weighted by atomic mass is 10.2. The molecular formula is C13H18N2O6. The van der Waals surface area contributed by atoms with E-state index in [1.165, 1.54) is 26.4 Å². The second kappa shape index (κ2) is 8.05. The molecule has 8 heteroatoms. The molecule has 0 aliphatic carbocycles. The lowest BCUT2D eigenvalue weighted by Crippen LogP contribution is -2.50. The van der Waals surface area contributed by atoms with Crippen molar-refractivity contribution in [2.45, 2.75) is 25.4 Å². The minimum absolute atomic E-state index is 0.0730. The second-order valence-corrected chi connectivity index (χ2v) is 4.35. The molecule has 0 fully saturated rings. The van der Waals surface area contributed by atoms with E-state index in [0.717, 1.165) is 0 Å². The Kier molecular flexibility index (Phi) is 6.41. The predicted octanol–water partition coefficient (Wildman–Crippen LogP) is 0.00380. The summed E-state index contributed by atoms with van der Waals surface area (Å²) in [7, 11) is 1.44. The molecule has 0 aromatic carbocycles. The molecule has 0 spiro atoms. The summed E-state index contributed by atoms with van der Waals surface area (Å²) >= 11 is 0. The highest BCUT2D eigenvalue weighted by Gasteiger charge is 2.24. The number of carboxylic acid groups (broad SMARTS) is 1. The fraction of sp³-hybridized carbons (Fsp3) is 0.462. The highest BCUT2D eigenvalue weighted by Crippen LogP contribution is 2.01. The van der Waals surface area contributed by atoms with E-state index in [-0.39, 0.29) is 18.8 Å². The molecule has 2 unspecified atom stereocenters. The first-order valence-electron chi connectivity index (χ1n) is 6.32. The zero-order valence-electron chi connectivity index (χ0n) is 11.8. The standard InChI is InChI=1S/C13H18N2O6/c1-8(14-12(17)10-4-3-6-21-10)11(16)15-9(13(18)19)5-7-20-2/h3-4,6,8-9H,5,7H2,1-2H3,(H,14,17)(H,15,16)(H,18,19). The maximum Gasteiger partial charge on any atom is 0.326 e. The first kappa shape index (κ1) is 16.7. The molecule has 0 aliphatic rings. The van der Waals surface area contributed by atoms with Gasteiger partial charge in [-0.2, -0.15) is 0 Å². The fourth-order valence-corrected chi connectivity index (χ4v) is 1.53. The highest BCUT2D eigenvalue weighted by molar-refractivity contribution is 5.96. The van der Waals surface area contributed by atoms with Crippen molar-refractivity contribution in [3.05, 3.63) is 24.2 Å². The molecule has 0 radical (unpaired) electrons. The van der Waals surface area contributed by atoms with E-state index in [9.17, 15) is 14.4 Å². The van der Waals surface area contributed by atoms with Crippen LogP contribution in [0.25, 0.3) is 0 Å². The Morgan fingerprint density at radius 3 is 2.62 bits per heavy atom. The highest BCUT2D eigenvalue weighted by atomic mass is 16.5. The van der Waals surface area contributed by atoms with Crippen molar-refractivity contribution in [1.29, 1.82) is 0 Å². The van der Waals surface area contributed by atoms with Crippen molar-refractivity contribution in [2.24, 2.45) is 0 Å². The van der Waals surface area contributed by atoms with Gasteiger partial charge in [-0.3, -0.25) is 9.59 Å². The zero-order valence-corrected chi connectivity index (χ0v) is 11.8. The van der Waals surface area contributed by atoms with Gasteiger partial charge in [-0.1, -0.05) is 0 Å². The topological polar surface area (TPSA) is 118 Å². The van der Waals surface area contributed by atoms with Crippen LogP contribution in [-0.4, -0.2) is 48.7 Å². The average molecular weight is 298 g/mol. The van der Waals surface area contributed by atoms with Crippen LogP contribution in [0.1, 0.15) is 23.9 Å². The average Bonchev–Trinajstić information content (AvgIpc) is 2.96. The number of hydrogen-bond acceptors (Lipinski definition) is 5. The van der Waals surface area contributed by atoms with Crippen LogP contribution in [-0.2, 0) is 14.3 Å². The van der Waals surface area contributed by atoms with Gasteiger partial charge in [0.2, 0.25) is 5.91 Å². The molecule has 2 atom stereocenters. The molecule has 1 heterocycles. The molecule has 3 N–H and O–H groups in total. The van der Waals surface area contributed by atoms with Crippen molar-refractivity contribution < 1.29 is 28.6 Å². The number of ether oxygens (including phenoxy) is 1. The van der Waals surface area contributed by atoms with Crippen LogP contribution in [0.15, 0.2) is 22.8 Å². The van der Waals surface area contributed by atoms with Crippen LogP contribution < -0.4 is 10.6 Å². The van der Waals surface area contributed by atoms with Crippen LogP contribution in [0.3, 0.4) is 0 Å². The van der Waals surface area contributed by atoms with E-state index in [1.54, 1.807) is 6.07 Å². The molecule has 8 nitrogen and oxygen atoms in total. The van der Waals surface area contributed by atoms with Gasteiger partial charge < -0.3 is 24.9 Å². The molecule has 0 saturated heterocycles. The monoisotopic (exact) mass is 298 g/mol. The van der Waals surface area contributed by atoms with Crippen LogP contribution in [0, 0.1) is 0 Å². The van der Waals surface area contributed by atoms with Gasteiger partial charge in [0.25, 0.3) is 5.91 Å². The van der Waals surface area contributed by atoms with Gasteiger partial charge in [-0.05, 0) is 19.1 Å². The van der Waals surface area contributed by atoms with Crippen molar-refractivity contribution in [1.82, 2.24) is 10.6 Å². The quantitative estimate of drug-likeness (QED) is 0.622. The van der Waals surface area contributed by atoms with Crippen LogP contribution in [0.4, 0.5) is 0 Å². The maximum atomic E-state index is 11.9. The smallest absolute Gasteiger partial charge is 0.326 e. The van der Waals surface area contributed by atoms with Crippen molar-refractivity contribution >= 4 is 17.8 Å². The molecule has 0 saturated carbocycles. The van der Waals surface area contributed by atoms with Gasteiger partial charge in [0.1, 0.15) is 12.1 Å². The van der Waals surface area contributed by atoms with Gasteiger partial charge in [-0.25, -0.2) is 4.79 Å². The van der Waals surface area contributed by atoms with Gasteiger partial charge >= 0.3 is 5.97 Å². The molecule has 2 amide bonds. The Hall–Kier alpha value is -2.35. The number of furan rings is 1. The first-order chi connectivity index (χ1) is 9.95. The summed E-state index contributed by atoms with van der Waals surface area (Å²) in [4.78, 5) is 34.6. The number of hydrogen-bond donors (Lipinski definition) is 3. The molecule has 116 valence electrons. The first-order valence-corrected chi connectivity index (χ1v) is 6.32. The summed E-state index contributed by atoms with van der Waals surface area (Å²) in [5, 5.41) is 13.7. The zero-order chi connectivity index (χ0) is 15.8. The molecule has 21 heavy (non-hydrogen) atoms. The summed E-state index contributed by atoms with van der Waals surface area (Å²) in [6.45, 7) is 1.65. The molecular weight excluding hydrogens is 280 g/mol. The predicted molar refractivity (Wildman–Crippen MR) is 71.7 cm³/mol. The Morgan fingerprint density at radius 2 is 2.10 bits per heavy atom. The Morgan fingerprint density at radius 1 is 1.38 bits per heavy atom. The lowest BCUT2D eigenvalue weighted by Gasteiger charge is -2.18. The maximum absolute atomic E-state index is 11.9. The van der Waals surface area contributed by atoms with Gasteiger partial charge in [0, 0.05) is 20.1 Å². The summed E-state index contributed by atoms with van der Waals surface area (Å²) in [6, 6.07) is 1.04. The molecule has 1 aromatic heterocycles. The largest absolute Gasteiger partial charge is 0.480 e. The van der Waals surface area contributed by atoms with E-state index < -0.39 is 29.9 Å². The Balaban J connectivity index is 2.52. The van der Waals surface area contributed by atoms with Crippen molar-refractivity contribution in [3.63, 3.8) is 0 Å². The van der Waals surface area contributed by atoms with Crippen LogP contribution in [0.2, 0.25) is 0 Å². The van der Waals surface area contributed by atoms with Crippen molar-refractivity contribution in [2.75, 3.05) is 13.7 Å². The van der Waals surface area contributed by atoms with Crippen molar-refractivity contribution in [3.8, 4) is 0 Å². The second-order valence-electron chi connectivity index (χ2n) is 4.35. The third kappa shape index (κ3) is 5.27. The van der Waals surface area contributed by atoms with Crippen LogP contribution >= 0.6 is 0 Å². The van der Waals surface area contributed by atoms with E-state index in [1.807, 2.05) is 0 Å². The number of carbonyl (C=O) groups is 3. The SMILES string of the molecule is COCCC(NC(=O)C(C)NC(=O)c1ccco1)C(=O)O. The number of nitrogens with one attached hydrogen (secondary N) is 2. The normalized spacial score (nSPS) is 13.2. The van der Waals surface area contributed by atoms with Gasteiger partial charge in [0.05, 0.1) is 6.26 Å². The molecule has 1 rings (SSSR count). The third-order valence-corrected chi connectivity index (χ3v) is 2.71. The van der Waals surface area contributed by atoms with Gasteiger partial charge in [-0.15, -0.1) is 0 Å². The Labute approximate surface area is 121 Å². The number of carbonyl (C=O) groups excluding carboxylic acids is 2. The van der Waals surface area contributed by atoms with E-state index in [2.05, 4.69) is 10.6 Å². The van der Waals surface area contributed by atoms with Gasteiger partial charge in [0.15, 0.2) is 5.76 Å². The minimum Gasteiger partial charge on any atom is -0.480 e. The minimum atomic E-state index is -1.16.